The highest BCUT2D eigenvalue weighted by Crippen LogP contribution is 2.30. The third-order valence-corrected chi connectivity index (χ3v) is 2.92. The van der Waals surface area contributed by atoms with E-state index in [2.05, 4.69) is 0 Å². The number of aliphatic hydroxyl groups excluding tert-OH is 1. The summed E-state index contributed by atoms with van der Waals surface area (Å²) in [6.07, 6.45) is -7.35. The van der Waals surface area contributed by atoms with E-state index in [0.717, 1.165) is 0 Å². The molecule has 2 aromatic rings. The zero-order valence-corrected chi connectivity index (χ0v) is 10.9. The predicted molar refractivity (Wildman–Crippen MR) is 71.9 cm³/mol. The van der Waals surface area contributed by atoms with Crippen LogP contribution in [0.15, 0.2) is 54.6 Å². The Hall–Kier alpha value is -2.05. The van der Waals surface area contributed by atoms with Crippen LogP contribution in [0.2, 0.25) is 0 Å². The first-order valence-corrected chi connectivity index (χ1v) is 6.21. The SMILES string of the molecule is N[C@H](c1ccc(Oc2ccccc2)cc1)[C@@H](O)C(F)(F)F. The number of hydrogen-bond acceptors (Lipinski definition) is 3. The van der Waals surface area contributed by atoms with E-state index < -0.39 is 18.3 Å². The second-order valence-corrected chi connectivity index (χ2v) is 4.50. The number of halogens is 3. The minimum Gasteiger partial charge on any atom is -0.457 e. The van der Waals surface area contributed by atoms with Gasteiger partial charge in [0.1, 0.15) is 11.5 Å². The molecule has 0 amide bonds. The van der Waals surface area contributed by atoms with Gasteiger partial charge in [-0.2, -0.15) is 13.2 Å². The highest BCUT2D eigenvalue weighted by atomic mass is 19.4. The van der Waals surface area contributed by atoms with E-state index in [9.17, 15) is 13.2 Å². The molecule has 0 aliphatic rings. The molecule has 0 aliphatic carbocycles. The molecule has 112 valence electrons. The molecule has 3 nitrogen and oxygen atoms in total. The van der Waals surface area contributed by atoms with Crippen LogP contribution in [0.1, 0.15) is 11.6 Å². The molecule has 2 aromatic carbocycles. The Morgan fingerprint density at radius 2 is 1.43 bits per heavy atom. The summed E-state index contributed by atoms with van der Waals surface area (Å²) in [6.45, 7) is 0. The molecule has 0 spiro atoms. The van der Waals surface area contributed by atoms with Crippen LogP contribution in [-0.2, 0) is 0 Å². The van der Waals surface area contributed by atoms with Gasteiger partial charge in [0, 0.05) is 0 Å². The Kier molecular flexibility index (Phi) is 4.50. The number of para-hydroxylation sites is 1. The smallest absolute Gasteiger partial charge is 0.416 e. The van der Waals surface area contributed by atoms with Gasteiger partial charge in [0.25, 0.3) is 0 Å². The molecule has 0 aromatic heterocycles. The highest BCUT2D eigenvalue weighted by Gasteiger charge is 2.42. The molecule has 21 heavy (non-hydrogen) atoms. The first-order valence-electron chi connectivity index (χ1n) is 6.21. The van der Waals surface area contributed by atoms with Crippen LogP contribution >= 0.6 is 0 Å². The summed E-state index contributed by atoms with van der Waals surface area (Å²) in [5, 5.41) is 9.13. The fraction of sp³-hybridized carbons (Fsp3) is 0.200. The Bertz CT molecular complexity index is 570. The summed E-state index contributed by atoms with van der Waals surface area (Å²) in [6, 6.07) is 13.2. The van der Waals surface area contributed by atoms with Gasteiger partial charge in [0.15, 0.2) is 6.10 Å². The molecular weight excluding hydrogens is 283 g/mol. The van der Waals surface area contributed by atoms with E-state index in [4.69, 9.17) is 15.6 Å². The number of alkyl halides is 3. The zero-order valence-electron chi connectivity index (χ0n) is 10.9. The van der Waals surface area contributed by atoms with E-state index in [1.54, 1.807) is 24.3 Å². The number of ether oxygens (including phenoxy) is 1. The second kappa shape index (κ2) is 6.15. The molecule has 6 heteroatoms. The van der Waals surface area contributed by atoms with Crippen LogP contribution in [0.4, 0.5) is 13.2 Å². The van der Waals surface area contributed by atoms with Crippen molar-refractivity contribution >= 4 is 0 Å². The maximum atomic E-state index is 12.4. The molecule has 0 aliphatic heterocycles. The minimum absolute atomic E-state index is 0.181. The summed E-state index contributed by atoms with van der Waals surface area (Å²) >= 11 is 0. The van der Waals surface area contributed by atoms with E-state index >= 15 is 0 Å². The van der Waals surface area contributed by atoms with Crippen molar-refractivity contribution in [3.05, 3.63) is 60.2 Å². The summed E-state index contributed by atoms with van der Waals surface area (Å²) in [5.41, 5.74) is 5.60. The minimum atomic E-state index is -4.75. The molecule has 0 saturated carbocycles. The molecule has 0 unspecified atom stereocenters. The van der Waals surface area contributed by atoms with Crippen molar-refractivity contribution in [2.24, 2.45) is 5.73 Å². The van der Waals surface area contributed by atoms with Gasteiger partial charge in [-0.3, -0.25) is 0 Å². The Balaban J connectivity index is 2.08. The van der Waals surface area contributed by atoms with E-state index in [-0.39, 0.29) is 5.56 Å². The molecular formula is C15H14F3NO2. The van der Waals surface area contributed by atoms with Gasteiger partial charge in [0.2, 0.25) is 0 Å². The summed E-state index contributed by atoms with van der Waals surface area (Å²) < 4.78 is 42.7. The standard InChI is InChI=1S/C15H14F3NO2/c16-15(17,18)14(20)13(19)10-6-8-12(9-7-10)21-11-4-2-1-3-5-11/h1-9,13-14,20H,19H2/t13-,14-/m1/s1. The molecule has 0 bridgehead atoms. The number of rotatable bonds is 4. The molecule has 2 atom stereocenters. The zero-order chi connectivity index (χ0) is 15.5. The third kappa shape index (κ3) is 3.96. The second-order valence-electron chi connectivity index (χ2n) is 4.50. The molecule has 0 radical (unpaired) electrons. The van der Waals surface area contributed by atoms with Crippen molar-refractivity contribution in [1.82, 2.24) is 0 Å². The lowest BCUT2D eigenvalue weighted by Gasteiger charge is -2.21. The quantitative estimate of drug-likeness (QED) is 0.909. The predicted octanol–water partition coefficient (Wildman–Crippen LogP) is 3.40. The fourth-order valence-corrected chi connectivity index (χ4v) is 1.77. The van der Waals surface area contributed by atoms with Crippen LogP contribution < -0.4 is 10.5 Å². The van der Waals surface area contributed by atoms with Crippen molar-refractivity contribution in [3.8, 4) is 11.5 Å². The van der Waals surface area contributed by atoms with E-state index in [1.165, 1.54) is 24.3 Å². The summed E-state index contributed by atoms with van der Waals surface area (Å²) in [4.78, 5) is 0. The number of nitrogens with two attached hydrogens (primary N) is 1. The number of hydrogen-bond donors (Lipinski definition) is 2. The number of aliphatic hydroxyl groups is 1. The molecule has 0 saturated heterocycles. The van der Waals surface area contributed by atoms with Crippen molar-refractivity contribution < 1.29 is 23.0 Å². The largest absolute Gasteiger partial charge is 0.457 e. The molecule has 0 heterocycles. The third-order valence-electron chi connectivity index (χ3n) is 2.92. The Morgan fingerprint density at radius 3 is 1.95 bits per heavy atom. The highest BCUT2D eigenvalue weighted by molar-refractivity contribution is 5.34. The lowest BCUT2D eigenvalue weighted by molar-refractivity contribution is -0.210. The number of benzene rings is 2. The van der Waals surface area contributed by atoms with Gasteiger partial charge >= 0.3 is 6.18 Å². The van der Waals surface area contributed by atoms with Crippen molar-refractivity contribution in [1.29, 1.82) is 0 Å². The van der Waals surface area contributed by atoms with Gasteiger partial charge in [0.05, 0.1) is 6.04 Å². The van der Waals surface area contributed by atoms with Crippen LogP contribution in [0.25, 0.3) is 0 Å². The van der Waals surface area contributed by atoms with E-state index in [0.29, 0.717) is 11.5 Å². The van der Waals surface area contributed by atoms with Gasteiger partial charge in [-0.25, -0.2) is 0 Å². The average Bonchev–Trinajstić information content (AvgIpc) is 2.46. The topological polar surface area (TPSA) is 55.5 Å². The molecule has 0 fully saturated rings. The lowest BCUT2D eigenvalue weighted by Crippen LogP contribution is -2.38. The van der Waals surface area contributed by atoms with Gasteiger partial charge in [-0.1, -0.05) is 30.3 Å². The van der Waals surface area contributed by atoms with Crippen LogP contribution in [0.5, 0.6) is 11.5 Å². The Morgan fingerprint density at radius 1 is 0.905 bits per heavy atom. The maximum Gasteiger partial charge on any atom is 0.416 e. The van der Waals surface area contributed by atoms with Crippen LogP contribution in [-0.4, -0.2) is 17.4 Å². The fourth-order valence-electron chi connectivity index (χ4n) is 1.77. The first-order chi connectivity index (χ1) is 9.88. The van der Waals surface area contributed by atoms with Gasteiger partial charge in [-0.05, 0) is 29.8 Å². The summed E-state index contributed by atoms with van der Waals surface area (Å²) in [5.74, 6) is 1.09. The van der Waals surface area contributed by atoms with E-state index in [1.807, 2.05) is 6.07 Å². The van der Waals surface area contributed by atoms with Crippen molar-refractivity contribution in [2.75, 3.05) is 0 Å². The summed E-state index contributed by atoms with van der Waals surface area (Å²) in [7, 11) is 0. The molecule has 3 N–H and O–H groups in total. The van der Waals surface area contributed by atoms with Gasteiger partial charge < -0.3 is 15.6 Å². The molecule has 2 rings (SSSR count). The Labute approximate surface area is 119 Å². The first kappa shape index (κ1) is 15.3. The average molecular weight is 297 g/mol. The maximum absolute atomic E-state index is 12.4. The normalized spacial score (nSPS) is 14.5. The van der Waals surface area contributed by atoms with Crippen molar-refractivity contribution in [3.63, 3.8) is 0 Å². The monoisotopic (exact) mass is 297 g/mol. The van der Waals surface area contributed by atoms with Gasteiger partial charge in [-0.15, -0.1) is 0 Å². The lowest BCUT2D eigenvalue weighted by atomic mass is 10.0. The van der Waals surface area contributed by atoms with Crippen LogP contribution in [0.3, 0.4) is 0 Å². The van der Waals surface area contributed by atoms with Crippen molar-refractivity contribution in [2.45, 2.75) is 18.3 Å². The van der Waals surface area contributed by atoms with Crippen LogP contribution in [0, 0.1) is 0 Å².